The monoisotopic (exact) mass is 346 g/mol. The molecule has 0 radical (unpaired) electrons. The largest absolute Gasteiger partial charge is 0.439 e. The van der Waals surface area contributed by atoms with Gasteiger partial charge in [-0.2, -0.15) is 23.3 Å². The maximum absolute atomic E-state index is 13.6. The number of carbonyl (C=O) groups excluding carboxylic acids is 1. The molecule has 1 aliphatic heterocycles. The number of aliphatic hydroxyl groups is 1. The zero-order valence-electron chi connectivity index (χ0n) is 12.0. The minimum Gasteiger partial charge on any atom is -0.362 e. The van der Waals surface area contributed by atoms with Crippen molar-refractivity contribution in [1.82, 2.24) is 5.01 Å². The van der Waals surface area contributed by atoms with Crippen molar-refractivity contribution in [3.8, 4) is 0 Å². The third kappa shape index (κ3) is 2.52. The highest BCUT2D eigenvalue weighted by Gasteiger charge is 2.68. The maximum Gasteiger partial charge on any atom is 0.439 e. The molecule has 124 valence electrons. The number of rotatable bonds is 1. The second kappa shape index (κ2) is 5.49. The number of nitrogens with zero attached hydrogens (tertiary/aromatic N) is 2. The molecule has 2 aliphatic rings. The van der Waals surface area contributed by atoms with E-state index in [4.69, 9.17) is 11.6 Å². The number of hydrogen-bond donors (Lipinski definition) is 1. The lowest BCUT2D eigenvalue weighted by Crippen LogP contribution is -2.61. The highest BCUT2D eigenvalue weighted by Crippen LogP contribution is 2.48. The molecule has 3 rings (SSSR count). The Morgan fingerprint density at radius 3 is 2.57 bits per heavy atom. The Bertz CT molecular complexity index is 660. The Kier molecular flexibility index (Phi) is 3.88. The van der Waals surface area contributed by atoms with Crippen LogP contribution in [0.5, 0.6) is 0 Å². The average molecular weight is 347 g/mol. The lowest BCUT2D eigenvalue weighted by Gasteiger charge is -2.38. The van der Waals surface area contributed by atoms with Crippen LogP contribution in [0.15, 0.2) is 29.4 Å². The first kappa shape index (κ1) is 16.3. The summed E-state index contributed by atoms with van der Waals surface area (Å²) in [6, 6.07) is 5.42. The SMILES string of the molecule is O=C(c1ccc(Cl)cc1)N1N=C2CCCC[C@H]2[C@]1(O)C(F)(F)F. The van der Waals surface area contributed by atoms with E-state index in [1.54, 1.807) is 0 Å². The number of benzene rings is 1. The van der Waals surface area contributed by atoms with Gasteiger partial charge in [0, 0.05) is 16.3 Å². The first-order valence-electron chi connectivity index (χ1n) is 7.21. The fourth-order valence-electron chi connectivity index (χ4n) is 3.13. The van der Waals surface area contributed by atoms with Gasteiger partial charge in [0.1, 0.15) is 0 Å². The Hall–Kier alpha value is -1.60. The molecule has 1 heterocycles. The second-order valence-electron chi connectivity index (χ2n) is 5.74. The summed E-state index contributed by atoms with van der Waals surface area (Å²) < 4.78 is 40.7. The molecular weight excluding hydrogens is 333 g/mol. The van der Waals surface area contributed by atoms with Crippen molar-refractivity contribution in [2.24, 2.45) is 11.0 Å². The van der Waals surface area contributed by atoms with E-state index in [9.17, 15) is 23.1 Å². The van der Waals surface area contributed by atoms with E-state index in [0.29, 0.717) is 24.3 Å². The second-order valence-corrected chi connectivity index (χ2v) is 6.17. The van der Waals surface area contributed by atoms with E-state index in [-0.39, 0.29) is 22.7 Å². The van der Waals surface area contributed by atoms with Crippen molar-refractivity contribution in [1.29, 1.82) is 0 Å². The van der Waals surface area contributed by atoms with E-state index in [2.05, 4.69) is 5.10 Å². The van der Waals surface area contributed by atoms with Crippen molar-refractivity contribution >= 4 is 23.2 Å². The summed E-state index contributed by atoms with van der Waals surface area (Å²) in [6.45, 7) is 0. The summed E-state index contributed by atoms with van der Waals surface area (Å²) in [5.74, 6) is -2.20. The summed E-state index contributed by atoms with van der Waals surface area (Å²) in [7, 11) is 0. The highest BCUT2D eigenvalue weighted by atomic mass is 35.5. The molecule has 1 amide bonds. The van der Waals surface area contributed by atoms with E-state index in [1.165, 1.54) is 24.3 Å². The first-order valence-corrected chi connectivity index (χ1v) is 7.59. The van der Waals surface area contributed by atoms with Crippen LogP contribution in [0.2, 0.25) is 5.02 Å². The van der Waals surface area contributed by atoms with Crippen LogP contribution < -0.4 is 0 Å². The van der Waals surface area contributed by atoms with Crippen molar-refractivity contribution in [3.05, 3.63) is 34.9 Å². The lowest BCUT2D eigenvalue weighted by molar-refractivity contribution is -0.312. The average Bonchev–Trinajstić information content (AvgIpc) is 2.82. The fourth-order valence-corrected chi connectivity index (χ4v) is 3.26. The summed E-state index contributed by atoms with van der Waals surface area (Å²) in [4.78, 5) is 12.5. The van der Waals surface area contributed by atoms with Crippen LogP contribution in [-0.2, 0) is 0 Å². The number of carbonyl (C=O) groups is 1. The van der Waals surface area contributed by atoms with Gasteiger partial charge in [-0.15, -0.1) is 0 Å². The molecule has 0 spiro atoms. The Labute approximate surface area is 135 Å². The normalized spacial score (nSPS) is 27.6. The summed E-state index contributed by atoms with van der Waals surface area (Å²) in [5, 5.41) is 14.8. The molecule has 8 heteroatoms. The predicted molar refractivity (Wildman–Crippen MR) is 78.0 cm³/mol. The van der Waals surface area contributed by atoms with E-state index in [1.807, 2.05) is 0 Å². The standard InChI is InChI=1S/C15H14ClF3N2O2/c16-10-7-5-9(6-8-10)13(22)21-14(23,15(17,18)19)11-3-1-2-4-12(11)20-21/h5-8,11,23H,1-4H2/t11-,14+/m1/s1. The quantitative estimate of drug-likeness (QED) is 0.844. The number of fused-ring (bicyclic) bond motifs is 1. The molecule has 0 unspecified atom stereocenters. The molecule has 1 N–H and O–H groups in total. The van der Waals surface area contributed by atoms with Crippen LogP contribution in [0.1, 0.15) is 36.0 Å². The number of alkyl halides is 3. The Balaban J connectivity index is 2.03. The zero-order chi connectivity index (χ0) is 16.8. The lowest BCUT2D eigenvalue weighted by atomic mass is 9.80. The van der Waals surface area contributed by atoms with Gasteiger partial charge < -0.3 is 5.11 Å². The minimum atomic E-state index is -5.00. The van der Waals surface area contributed by atoms with E-state index in [0.717, 1.165) is 0 Å². The fraction of sp³-hybridized carbons (Fsp3) is 0.467. The van der Waals surface area contributed by atoms with E-state index < -0.39 is 23.7 Å². The van der Waals surface area contributed by atoms with E-state index >= 15 is 0 Å². The van der Waals surface area contributed by atoms with Gasteiger partial charge in [-0.1, -0.05) is 18.0 Å². The number of hydrogen-bond acceptors (Lipinski definition) is 3. The van der Waals surface area contributed by atoms with Crippen LogP contribution >= 0.6 is 11.6 Å². The Morgan fingerprint density at radius 1 is 1.30 bits per heavy atom. The zero-order valence-corrected chi connectivity index (χ0v) is 12.7. The van der Waals surface area contributed by atoms with Crippen molar-refractivity contribution < 1.29 is 23.1 Å². The van der Waals surface area contributed by atoms with Crippen LogP contribution in [0.4, 0.5) is 13.2 Å². The van der Waals surface area contributed by atoms with Gasteiger partial charge in [0.05, 0.1) is 5.92 Å². The van der Waals surface area contributed by atoms with Gasteiger partial charge in [0.25, 0.3) is 11.6 Å². The molecule has 0 aromatic heterocycles. The molecule has 23 heavy (non-hydrogen) atoms. The molecule has 1 aliphatic carbocycles. The van der Waals surface area contributed by atoms with Gasteiger partial charge in [-0.25, -0.2) is 0 Å². The molecule has 4 nitrogen and oxygen atoms in total. The topological polar surface area (TPSA) is 52.9 Å². The van der Waals surface area contributed by atoms with Crippen LogP contribution in [0.3, 0.4) is 0 Å². The molecule has 1 fully saturated rings. The number of amides is 1. The molecule has 1 aromatic rings. The number of hydrazone groups is 1. The third-order valence-corrected chi connectivity index (χ3v) is 4.57. The van der Waals surface area contributed by atoms with Crippen molar-refractivity contribution in [2.45, 2.75) is 37.6 Å². The molecule has 2 atom stereocenters. The van der Waals surface area contributed by atoms with Crippen molar-refractivity contribution in [3.63, 3.8) is 0 Å². The molecule has 1 saturated carbocycles. The Morgan fingerprint density at radius 2 is 1.96 bits per heavy atom. The third-order valence-electron chi connectivity index (χ3n) is 4.32. The smallest absolute Gasteiger partial charge is 0.362 e. The summed E-state index contributed by atoms with van der Waals surface area (Å²) >= 11 is 5.72. The summed E-state index contributed by atoms with van der Waals surface area (Å²) in [5.41, 5.74) is -3.07. The van der Waals surface area contributed by atoms with Crippen LogP contribution in [0, 0.1) is 5.92 Å². The van der Waals surface area contributed by atoms with Crippen molar-refractivity contribution in [2.75, 3.05) is 0 Å². The minimum absolute atomic E-state index is 0.0138. The highest BCUT2D eigenvalue weighted by molar-refractivity contribution is 6.30. The number of halogens is 4. The van der Waals surface area contributed by atoms with Crippen LogP contribution in [-0.4, -0.2) is 33.6 Å². The van der Waals surface area contributed by atoms with Gasteiger partial charge in [0.2, 0.25) is 0 Å². The van der Waals surface area contributed by atoms with Gasteiger partial charge in [-0.05, 0) is 43.5 Å². The summed E-state index contributed by atoms with van der Waals surface area (Å²) in [6.07, 6.45) is -3.23. The molecule has 0 bridgehead atoms. The molecule has 1 aromatic carbocycles. The maximum atomic E-state index is 13.6. The predicted octanol–water partition coefficient (Wildman–Crippen LogP) is 3.59. The van der Waals surface area contributed by atoms with Crippen LogP contribution in [0.25, 0.3) is 0 Å². The molecule has 0 saturated heterocycles. The molecular formula is C15H14ClF3N2O2. The first-order chi connectivity index (χ1) is 10.7. The van der Waals surface area contributed by atoms with Gasteiger partial charge in [-0.3, -0.25) is 4.79 Å². The van der Waals surface area contributed by atoms with Gasteiger partial charge >= 0.3 is 6.18 Å². The van der Waals surface area contributed by atoms with Gasteiger partial charge in [0.15, 0.2) is 0 Å².